The molecule has 8 heteroatoms. The van der Waals surface area contributed by atoms with Gasteiger partial charge in [0.25, 0.3) is 10.1 Å². The van der Waals surface area contributed by atoms with Crippen LogP contribution in [0.25, 0.3) is 45.4 Å². The lowest BCUT2D eigenvalue weighted by Gasteiger charge is -2.10. The Kier molecular flexibility index (Phi) is 5.59. The number of nitrogens with zero attached hydrogens (tertiary/aromatic N) is 2. The third kappa shape index (κ3) is 4.55. The van der Waals surface area contributed by atoms with Crippen molar-refractivity contribution in [2.24, 2.45) is 0 Å². The van der Waals surface area contributed by atoms with Gasteiger partial charge in [0.05, 0.1) is 27.7 Å². The molecule has 0 fully saturated rings. The molecule has 0 amide bonds. The molecule has 0 radical (unpaired) electrons. The summed E-state index contributed by atoms with van der Waals surface area (Å²) in [6.45, 7) is 0. The van der Waals surface area contributed by atoms with Crippen LogP contribution in [-0.2, 0) is 10.1 Å². The van der Waals surface area contributed by atoms with Gasteiger partial charge >= 0.3 is 0 Å². The number of hydrogen-bond donors (Lipinski definition) is 3. The van der Waals surface area contributed by atoms with Crippen LogP contribution in [-0.4, -0.2) is 32.9 Å². The highest BCUT2D eigenvalue weighted by atomic mass is 32.2. The second kappa shape index (κ2) is 9.30. The maximum Gasteiger partial charge on any atom is 0.294 e. The molecule has 0 unspecified atom stereocenters. The molecule has 40 heavy (non-hydrogen) atoms. The molecule has 2 aliphatic rings. The second-order valence-electron chi connectivity index (χ2n) is 9.61. The quantitative estimate of drug-likeness (QED) is 0.214. The van der Waals surface area contributed by atoms with Gasteiger partial charge in [0.15, 0.2) is 0 Å². The van der Waals surface area contributed by atoms with Gasteiger partial charge in [0.2, 0.25) is 0 Å². The fourth-order valence-electron chi connectivity index (χ4n) is 5.05. The van der Waals surface area contributed by atoms with Gasteiger partial charge in [-0.25, -0.2) is 9.97 Å². The number of aromatic amines is 2. The zero-order valence-electron chi connectivity index (χ0n) is 21.0. The molecule has 5 heterocycles. The Morgan fingerprint density at radius 2 is 1.07 bits per heavy atom. The van der Waals surface area contributed by atoms with E-state index in [-0.39, 0.29) is 4.90 Å². The number of H-pyrrole nitrogens is 2. The molecular weight excluding hydrogens is 520 g/mol. The predicted octanol–water partition coefficient (Wildman–Crippen LogP) is 6.74. The van der Waals surface area contributed by atoms with Gasteiger partial charge in [-0.2, -0.15) is 8.42 Å². The molecule has 3 aromatic heterocycles. The van der Waals surface area contributed by atoms with E-state index in [9.17, 15) is 13.0 Å². The molecule has 2 aromatic carbocycles. The van der Waals surface area contributed by atoms with Crippen LogP contribution in [0.2, 0.25) is 0 Å². The summed E-state index contributed by atoms with van der Waals surface area (Å²) in [4.78, 5) is 16.6. The molecule has 7 nitrogen and oxygen atoms in total. The summed E-state index contributed by atoms with van der Waals surface area (Å²) in [7, 11) is -4.32. The van der Waals surface area contributed by atoms with Crippen LogP contribution in [0, 0.1) is 0 Å². The van der Waals surface area contributed by atoms with Crippen molar-refractivity contribution in [3.8, 4) is 0 Å². The van der Waals surface area contributed by atoms with Gasteiger partial charge in [0.1, 0.15) is 0 Å². The van der Waals surface area contributed by atoms with Crippen LogP contribution in [0.3, 0.4) is 0 Å². The fourth-order valence-corrected chi connectivity index (χ4v) is 5.53. The topological polar surface area (TPSA) is 112 Å². The summed E-state index contributed by atoms with van der Waals surface area (Å²) < 4.78 is 33.0. The van der Waals surface area contributed by atoms with E-state index in [0.717, 1.165) is 61.4 Å². The number of fused-ring (bicyclic) bond motifs is 8. The molecule has 2 aliphatic heterocycles. The fraction of sp³-hybridized carbons (Fsp3) is 0. The minimum atomic E-state index is -4.32. The summed E-state index contributed by atoms with van der Waals surface area (Å²) in [5.41, 5.74) is 10.2. The van der Waals surface area contributed by atoms with Crippen molar-refractivity contribution in [1.29, 1.82) is 0 Å². The third-order valence-corrected chi connectivity index (χ3v) is 7.71. The monoisotopic (exact) mass is 542 g/mol. The first-order valence-corrected chi connectivity index (χ1v) is 14.1. The van der Waals surface area contributed by atoms with Crippen LogP contribution in [0.4, 0.5) is 0 Å². The van der Waals surface area contributed by atoms with E-state index in [0.29, 0.717) is 5.69 Å². The summed E-state index contributed by atoms with van der Waals surface area (Å²) in [5, 5.41) is 0. The van der Waals surface area contributed by atoms with Crippen LogP contribution in [0.1, 0.15) is 33.9 Å². The Labute approximate surface area is 230 Å². The molecule has 0 atom stereocenters. The van der Waals surface area contributed by atoms with E-state index in [1.807, 2.05) is 91.0 Å². The average Bonchev–Trinajstić information content (AvgIpc) is 3.73. The molecular formula is C32H22N4O3S. The summed E-state index contributed by atoms with van der Waals surface area (Å²) >= 11 is 0. The highest BCUT2D eigenvalue weighted by molar-refractivity contribution is 7.85. The number of hydrogen-bond acceptors (Lipinski definition) is 4. The molecule has 0 saturated carbocycles. The normalized spacial score (nSPS) is 13.1. The first kappa shape index (κ1) is 24.0. The van der Waals surface area contributed by atoms with Crippen molar-refractivity contribution in [2.75, 3.05) is 0 Å². The van der Waals surface area contributed by atoms with E-state index in [4.69, 9.17) is 9.97 Å². The number of rotatable bonds is 3. The van der Waals surface area contributed by atoms with E-state index >= 15 is 0 Å². The van der Waals surface area contributed by atoms with Crippen LogP contribution in [0.5, 0.6) is 0 Å². The summed E-state index contributed by atoms with van der Waals surface area (Å²) in [5.74, 6) is 0. The number of benzene rings is 2. The Hall–Kier alpha value is -5.05. The van der Waals surface area contributed by atoms with Crippen molar-refractivity contribution < 1.29 is 13.0 Å². The standard InChI is InChI=1S/C32H22N4O3S/c37-40(38,39)28-14-6-21(7-15-28)32-30-19-27-13-11-25(35-27)17-23-9-8-22(33-23)16-24-10-12-26(34-24)18-29(36-30)31(32)20-4-2-1-3-5-20/h1-19,33-34H,(H,37,38,39). The largest absolute Gasteiger partial charge is 0.355 e. The second-order valence-corrected chi connectivity index (χ2v) is 11.0. The van der Waals surface area contributed by atoms with Crippen LogP contribution < -0.4 is 0 Å². The number of nitrogens with one attached hydrogen (secondary N) is 2. The van der Waals surface area contributed by atoms with Crippen molar-refractivity contribution >= 4 is 55.5 Å². The van der Waals surface area contributed by atoms with Crippen molar-refractivity contribution in [2.45, 2.75) is 4.90 Å². The van der Waals surface area contributed by atoms with E-state index in [1.165, 1.54) is 12.1 Å². The highest BCUT2D eigenvalue weighted by Crippen LogP contribution is 2.39. The first-order chi connectivity index (χ1) is 19.4. The van der Waals surface area contributed by atoms with Crippen molar-refractivity contribution in [1.82, 2.24) is 19.9 Å². The van der Waals surface area contributed by atoms with Crippen LogP contribution >= 0.6 is 0 Å². The zero-order chi connectivity index (χ0) is 27.3. The van der Waals surface area contributed by atoms with E-state index in [1.54, 1.807) is 12.1 Å². The van der Waals surface area contributed by atoms with Gasteiger partial charge in [-0.15, -0.1) is 0 Å². The average molecular weight is 543 g/mol. The van der Waals surface area contributed by atoms with Crippen LogP contribution in [0.15, 0.2) is 108 Å². The lowest BCUT2D eigenvalue weighted by Crippen LogP contribution is -1.98. The molecule has 7 rings (SSSR count). The van der Waals surface area contributed by atoms with E-state index < -0.39 is 10.1 Å². The maximum absolute atomic E-state index is 11.7. The highest BCUT2D eigenvalue weighted by Gasteiger charge is 2.24. The third-order valence-electron chi connectivity index (χ3n) is 6.84. The van der Waals surface area contributed by atoms with Gasteiger partial charge in [-0.3, -0.25) is 4.55 Å². The molecule has 3 N–H and O–H groups in total. The van der Waals surface area contributed by atoms with Gasteiger partial charge in [0, 0.05) is 33.2 Å². The molecule has 0 saturated heterocycles. The minimum absolute atomic E-state index is 0.166. The van der Waals surface area contributed by atoms with Gasteiger partial charge < -0.3 is 9.97 Å². The maximum atomic E-state index is 11.7. The van der Waals surface area contributed by atoms with Gasteiger partial charge in [-0.05, 0) is 83.9 Å². The number of aromatic nitrogens is 4. The summed E-state index contributed by atoms with van der Waals surface area (Å²) in [6.07, 6.45) is 3.90. The summed E-state index contributed by atoms with van der Waals surface area (Å²) in [6, 6.07) is 32.2. The molecule has 0 aliphatic carbocycles. The SMILES string of the molecule is O=S(=O)(O)c1ccc(C2=C(c3ccccc3)c3cc4ccc(cc5ccc(cc6nc(cc2n3)C=C6)[nH]5)[nH]4)cc1. The Morgan fingerprint density at radius 3 is 1.70 bits per heavy atom. The minimum Gasteiger partial charge on any atom is -0.355 e. The van der Waals surface area contributed by atoms with Crippen molar-refractivity contribution in [3.63, 3.8) is 0 Å². The van der Waals surface area contributed by atoms with E-state index in [2.05, 4.69) is 9.97 Å². The van der Waals surface area contributed by atoms with Crippen molar-refractivity contribution in [3.05, 3.63) is 137 Å². The lowest BCUT2D eigenvalue weighted by molar-refractivity contribution is 0.483. The first-order valence-electron chi connectivity index (χ1n) is 12.6. The Balaban J connectivity index is 1.57. The molecule has 194 valence electrons. The smallest absolute Gasteiger partial charge is 0.294 e. The molecule has 8 bridgehead atoms. The van der Waals surface area contributed by atoms with Gasteiger partial charge in [-0.1, -0.05) is 42.5 Å². The lowest BCUT2D eigenvalue weighted by atomic mass is 9.92. The molecule has 5 aromatic rings. The zero-order valence-corrected chi connectivity index (χ0v) is 21.9. The Bertz CT molecular complexity index is 2120. The molecule has 0 spiro atoms. The Morgan fingerprint density at radius 1 is 0.550 bits per heavy atom. The predicted molar refractivity (Wildman–Crippen MR) is 158 cm³/mol.